The molecule has 26 heavy (non-hydrogen) atoms. The Hall–Kier alpha value is -2.52. The molecule has 0 aliphatic rings. The van der Waals surface area contributed by atoms with E-state index in [1.165, 1.54) is 19.2 Å². The number of hydrogen-bond donors (Lipinski definition) is 1. The van der Waals surface area contributed by atoms with Gasteiger partial charge in [0, 0.05) is 21.1 Å². The minimum atomic E-state index is -4.45. The Morgan fingerprint density at radius 1 is 1.23 bits per heavy atom. The number of likely N-dealkylation sites (N-methyl/N-ethyl adjacent to an activating group) is 2. The fourth-order valence-corrected chi connectivity index (χ4v) is 1.99. The number of carbonyl (C=O) groups excluding carboxylic acids is 1. The van der Waals surface area contributed by atoms with Gasteiger partial charge in [-0.05, 0) is 12.1 Å². The summed E-state index contributed by atoms with van der Waals surface area (Å²) in [7, 11) is 4.20. The third kappa shape index (κ3) is 7.58. The standard InChI is InChI=1S/C16H22F4N4O2/c1-21-15(22-10-14(25)24(3)11-16(18,19)20)23(2)8-9-26-13-7-5-4-6-12(13)17/h4-7H,8-11H2,1-3H3,(H,21,22). The Labute approximate surface area is 149 Å². The number of nitrogens with one attached hydrogen (secondary N) is 1. The third-order valence-corrected chi connectivity index (χ3v) is 3.33. The lowest BCUT2D eigenvalue weighted by Crippen LogP contribution is -2.46. The maximum atomic E-state index is 13.4. The second-order valence-electron chi connectivity index (χ2n) is 5.47. The van der Waals surface area contributed by atoms with Gasteiger partial charge >= 0.3 is 6.18 Å². The molecule has 1 rings (SSSR count). The molecular formula is C16H22F4N4O2. The number of alkyl halides is 3. The monoisotopic (exact) mass is 378 g/mol. The van der Waals surface area contributed by atoms with Gasteiger partial charge in [0.2, 0.25) is 5.91 Å². The molecule has 0 radical (unpaired) electrons. The Bertz CT molecular complexity index is 623. The first-order chi connectivity index (χ1) is 12.1. The molecule has 1 amide bonds. The smallest absolute Gasteiger partial charge is 0.406 e. The van der Waals surface area contributed by atoms with Crippen LogP contribution in [0.1, 0.15) is 0 Å². The highest BCUT2D eigenvalue weighted by molar-refractivity contribution is 5.86. The van der Waals surface area contributed by atoms with Crippen molar-refractivity contribution >= 4 is 11.9 Å². The summed E-state index contributed by atoms with van der Waals surface area (Å²) in [5, 5.41) is 2.68. The lowest BCUT2D eigenvalue weighted by Gasteiger charge is -2.24. The van der Waals surface area contributed by atoms with E-state index in [9.17, 15) is 22.4 Å². The van der Waals surface area contributed by atoms with E-state index in [4.69, 9.17) is 4.74 Å². The van der Waals surface area contributed by atoms with Crippen molar-refractivity contribution in [2.45, 2.75) is 6.18 Å². The summed E-state index contributed by atoms with van der Waals surface area (Å²) >= 11 is 0. The Morgan fingerprint density at radius 2 is 1.88 bits per heavy atom. The number of nitrogens with zero attached hydrogens (tertiary/aromatic N) is 3. The fraction of sp³-hybridized carbons (Fsp3) is 0.500. The van der Waals surface area contributed by atoms with E-state index in [0.717, 1.165) is 7.05 Å². The van der Waals surface area contributed by atoms with Crippen molar-refractivity contribution < 1.29 is 27.1 Å². The number of ether oxygens (including phenoxy) is 1. The molecule has 10 heteroatoms. The Morgan fingerprint density at radius 3 is 2.46 bits per heavy atom. The van der Waals surface area contributed by atoms with Crippen LogP contribution in [0.5, 0.6) is 5.75 Å². The van der Waals surface area contributed by atoms with Crippen LogP contribution < -0.4 is 10.1 Å². The van der Waals surface area contributed by atoms with Gasteiger partial charge in [0.25, 0.3) is 0 Å². The van der Waals surface area contributed by atoms with Crippen LogP contribution in [0.3, 0.4) is 0 Å². The zero-order valence-corrected chi connectivity index (χ0v) is 14.8. The third-order valence-electron chi connectivity index (χ3n) is 3.33. The van der Waals surface area contributed by atoms with E-state index in [1.807, 2.05) is 0 Å². The molecule has 6 nitrogen and oxygen atoms in total. The molecule has 1 N–H and O–H groups in total. The number of carbonyl (C=O) groups is 1. The summed E-state index contributed by atoms with van der Waals surface area (Å²) < 4.78 is 55.6. The first-order valence-electron chi connectivity index (χ1n) is 7.74. The van der Waals surface area contributed by atoms with Crippen LogP contribution in [0.4, 0.5) is 17.6 Å². The number of benzene rings is 1. The average molecular weight is 378 g/mol. The van der Waals surface area contributed by atoms with Gasteiger partial charge in [-0.2, -0.15) is 13.2 Å². The summed E-state index contributed by atoms with van der Waals surface area (Å²) in [5.74, 6) is -0.779. The second kappa shape index (κ2) is 9.83. The second-order valence-corrected chi connectivity index (χ2v) is 5.47. The Balaban J connectivity index is 2.43. The van der Waals surface area contributed by atoms with Crippen molar-refractivity contribution in [3.63, 3.8) is 0 Å². The molecule has 0 atom stereocenters. The molecule has 146 valence electrons. The van der Waals surface area contributed by atoms with Gasteiger partial charge in [-0.1, -0.05) is 12.1 Å². The number of rotatable bonds is 7. The number of amides is 1. The molecule has 0 spiro atoms. The number of halogens is 4. The summed E-state index contributed by atoms with van der Waals surface area (Å²) in [6, 6.07) is 5.97. The van der Waals surface area contributed by atoms with Gasteiger partial charge in [0.15, 0.2) is 17.5 Å². The van der Waals surface area contributed by atoms with Gasteiger partial charge in [0.05, 0.1) is 13.1 Å². The van der Waals surface area contributed by atoms with E-state index in [0.29, 0.717) is 17.4 Å². The van der Waals surface area contributed by atoms with Gasteiger partial charge in [-0.15, -0.1) is 0 Å². The van der Waals surface area contributed by atoms with Crippen molar-refractivity contribution in [2.24, 2.45) is 4.99 Å². The molecule has 0 unspecified atom stereocenters. The predicted octanol–water partition coefficient (Wildman–Crippen LogP) is 1.73. The largest absolute Gasteiger partial charge is 0.489 e. The van der Waals surface area contributed by atoms with Gasteiger partial charge in [0.1, 0.15) is 13.2 Å². The first-order valence-corrected chi connectivity index (χ1v) is 7.74. The number of guanidine groups is 1. The normalized spacial score (nSPS) is 11.9. The highest BCUT2D eigenvalue weighted by Gasteiger charge is 2.31. The molecule has 1 aromatic carbocycles. The van der Waals surface area contributed by atoms with E-state index >= 15 is 0 Å². The maximum absolute atomic E-state index is 13.4. The van der Waals surface area contributed by atoms with Crippen LogP contribution in [0.25, 0.3) is 0 Å². The van der Waals surface area contributed by atoms with Gasteiger partial charge in [-0.3, -0.25) is 9.79 Å². The van der Waals surface area contributed by atoms with Crippen LogP contribution in [0.2, 0.25) is 0 Å². The number of hydrogen-bond acceptors (Lipinski definition) is 3. The summed E-state index contributed by atoms with van der Waals surface area (Å²) in [5.41, 5.74) is 0. The molecule has 0 heterocycles. The molecule has 0 aromatic heterocycles. The number of para-hydroxylation sites is 1. The zero-order chi connectivity index (χ0) is 19.7. The summed E-state index contributed by atoms with van der Waals surface area (Å²) in [6.07, 6.45) is -4.45. The Kier molecular flexibility index (Phi) is 8.14. The predicted molar refractivity (Wildman–Crippen MR) is 89.6 cm³/mol. The average Bonchev–Trinajstić information content (AvgIpc) is 2.55. The molecule has 1 aromatic rings. The van der Waals surface area contributed by atoms with E-state index in [-0.39, 0.29) is 18.9 Å². The molecule has 0 aliphatic carbocycles. The van der Waals surface area contributed by atoms with E-state index in [1.54, 1.807) is 24.1 Å². The number of aliphatic imine (C=N–C) groups is 1. The SMILES string of the molecule is CN=C(NCC(=O)N(C)CC(F)(F)F)N(C)CCOc1ccccc1F. The molecule has 0 saturated carbocycles. The van der Waals surface area contributed by atoms with E-state index < -0.39 is 24.4 Å². The zero-order valence-electron chi connectivity index (χ0n) is 14.8. The highest BCUT2D eigenvalue weighted by Crippen LogP contribution is 2.16. The molecule has 0 aliphatic heterocycles. The lowest BCUT2D eigenvalue weighted by molar-refractivity contribution is -0.157. The van der Waals surface area contributed by atoms with Crippen LogP contribution in [-0.4, -0.2) is 75.2 Å². The van der Waals surface area contributed by atoms with Gasteiger partial charge in [-0.25, -0.2) is 4.39 Å². The van der Waals surface area contributed by atoms with Crippen LogP contribution in [-0.2, 0) is 4.79 Å². The van der Waals surface area contributed by atoms with Crippen molar-refractivity contribution in [2.75, 3.05) is 47.4 Å². The molecule has 0 saturated heterocycles. The van der Waals surface area contributed by atoms with E-state index in [2.05, 4.69) is 10.3 Å². The van der Waals surface area contributed by atoms with Crippen LogP contribution in [0.15, 0.2) is 29.3 Å². The maximum Gasteiger partial charge on any atom is 0.406 e. The lowest BCUT2D eigenvalue weighted by atomic mass is 10.3. The van der Waals surface area contributed by atoms with Crippen molar-refractivity contribution in [1.82, 2.24) is 15.1 Å². The van der Waals surface area contributed by atoms with Crippen LogP contribution >= 0.6 is 0 Å². The minimum Gasteiger partial charge on any atom is -0.489 e. The fourth-order valence-electron chi connectivity index (χ4n) is 1.99. The topological polar surface area (TPSA) is 57.2 Å². The van der Waals surface area contributed by atoms with Gasteiger partial charge < -0.3 is 19.9 Å². The molecular weight excluding hydrogens is 356 g/mol. The first kappa shape index (κ1) is 21.5. The summed E-state index contributed by atoms with van der Waals surface area (Å²) in [6.45, 7) is -1.18. The van der Waals surface area contributed by atoms with Crippen molar-refractivity contribution in [3.8, 4) is 5.75 Å². The summed E-state index contributed by atoms with van der Waals surface area (Å²) in [4.78, 5) is 17.9. The molecule has 0 fully saturated rings. The van der Waals surface area contributed by atoms with Crippen molar-refractivity contribution in [1.29, 1.82) is 0 Å². The van der Waals surface area contributed by atoms with Crippen LogP contribution in [0, 0.1) is 5.82 Å². The van der Waals surface area contributed by atoms with Crippen molar-refractivity contribution in [3.05, 3.63) is 30.1 Å². The molecule has 0 bridgehead atoms. The quantitative estimate of drug-likeness (QED) is 0.446. The minimum absolute atomic E-state index is 0.118. The highest BCUT2D eigenvalue weighted by atomic mass is 19.4.